The maximum absolute atomic E-state index is 15.0. The molecule has 1 saturated carbocycles. The number of hydrogen-bond donors (Lipinski definition) is 2. The number of amides is 3. The molecule has 1 unspecified atom stereocenters. The van der Waals surface area contributed by atoms with E-state index < -0.39 is 23.8 Å². The Kier molecular flexibility index (Phi) is 11.2. The van der Waals surface area contributed by atoms with Gasteiger partial charge in [0.25, 0.3) is 5.91 Å². The van der Waals surface area contributed by atoms with E-state index in [9.17, 15) is 14.4 Å². The van der Waals surface area contributed by atoms with Crippen LogP contribution in [0.25, 0.3) is 21.9 Å². The fraction of sp³-hybridized carbons (Fsp3) is 0.326. The highest BCUT2D eigenvalue weighted by Gasteiger charge is 2.40. The molecule has 7 rings (SSSR count). The monoisotopic (exact) mass is 706 g/mol. The van der Waals surface area contributed by atoms with E-state index in [1.54, 1.807) is 0 Å². The van der Waals surface area contributed by atoms with E-state index >= 15 is 0 Å². The van der Waals surface area contributed by atoms with Gasteiger partial charge in [0.05, 0.1) is 24.5 Å². The normalized spacial score (nSPS) is 17.3. The molecule has 53 heavy (non-hydrogen) atoms. The lowest BCUT2D eigenvalue weighted by atomic mass is 9.80. The molecule has 3 atom stereocenters. The number of carbonyl (C=O) groups excluding carboxylic acids is 3. The van der Waals surface area contributed by atoms with Gasteiger partial charge >= 0.3 is 0 Å². The standard InChI is InChI=1S/C46H50N4O3/c1-2-3-22-39(44(47)51)40(28-32-14-7-8-15-32)45(52)48-41-31-49(38-20-5-4-6-21-38)42-23-11-12-24-43(42)50(46(41)53)30-33-16-13-19-35(27-33)37-26-25-34-17-9-10-18-36(34)29-37/h4-6,9-13,16-21,23-27,29,32,39-41H,2-3,7-8,14-15,22,28,30-31H2,1H3,(H2,47,51)(H,48,52)/t39-,40+,41?/m0/s1. The first-order chi connectivity index (χ1) is 25.9. The minimum absolute atomic E-state index is 0.191. The topological polar surface area (TPSA) is 95.7 Å². The number of para-hydroxylation sites is 3. The van der Waals surface area contributed by atoms with Crippen molar-refractivity contribution in [3.05, 3.63) is 127 Å². The third-order valence-corrected chi connectivity index (χ3v) is 11.2. The highest BCUT2D eigenvalue weighted by molar-refractivity contribution is 6.04. The summed E-state index contributed by atoms with van der Waals surface area (Å²) in [4.78, 5) is 46.4. The average Bonchev–Trinajstić information content (AvgIpc) is 3.68. The Morgan fingerprint density at radius 1 is 0.774 bits per heavy atom. The number of nitrogens with zero attached hydrogens (tertiary/aromatic N) is 2. The van der Waals surface area contributed by atoms with Crippen molar-refractivity contribution in [3.63, 3.8) is 0 Å². The van der Waals surface area contributed by atoms with Crippen LogP contribution in [0, 0.1) is 17.8 Å². The second-order valence-electron chi connectivity index (χ2n) is 14.8. The second kappa shape index (κ2) is 16.5. The van der Waals surface area contributed by atoms with Gasteiger partial charge in [0.2, 0.25) is 11.8 Å². The van der Waals surface area contributed by atoms with Gasteiger partial charge in [-0.05, 0) is 82.6 Å². The van der Waals surface area contributed by atoms with Crippen LogP contribution >= 0.6 is 0 Å². The molecule has 3 N–H and O–H groups in total. The van der Waals surface area contributed by atoms with Gasteiger partial charge in [-0.1, -0.05) is 130 Å². The Morgan fingerprint density at radius 2 is 1.47 bits per heavy atom. The van der Waals surface area contributed by atoms with E-state index in [0.717, 1.165) is 72.3 Å². The third kappa shape index (κ3) is 8.15. The minimum atomic E-state index is -0.871. The third-order valence-electron chi connectivity index (χ3n) is 11.2. The van der Waals surface area contributed by atoms with E-state index in [-0.39, 0.29) is 18.4 Å². The van der Waals surface area contributed by atoms with Gasteiger partial charge in [-0.2, -0.15) is 0 Å². The first-order valence-corrected chi connectivity index (χ1v) is 19.3. The molecule has 2 aliphatic rings. The Labute approximate surface area is 313 Å². The average molecular weight is 707 g/mol. The quantitative estimate of drug-likeness (QED) is 0.128. The SMILES string of the molecule is CCCC[C@H](C(N)=O)[C@@H](CC1CCCC1)C(=O)NC1CN(c2ccccc2)c2ccccc2N(Cc2cccc(-c3ccc4ccccc4c3)c2)C1=O. The van der Waals surface area contributed by atoms with Crippen LogP contribution in [0.1, 0.15) is 63.9 Å². The number of benzene rings is 5. The molecule has 0 aromatic heterocycles. The molecule has 5 aromatic carbocycles. The lowest BCUT2D eigenvalue weighted by molar-refractivity contribution is -0.136. The number of unbranched alkanes of at least 4 members (excludes halogenated alkanes) is 1. The number of hydrogen-bond acceptors (Lipinski definition) is 4. The largest absolute Gasteiger partial charge is 0.369 e. The fourth-order valence-electron chi connectivity index (χ4n) is 8.41. The van der Waals surface area contributed by atoms with Gasteiger partial charge < -0.3 is 20.9 Å². The van der Waals surface area contributed by atoms with Crippen LogP contribution in [-0.4, -0.2) is 30.3 Å². The molecule has 0 radical (unpaired) electrons. The number of anilines is 3. The number of carbonyl (C=O) groups is 3. The molecule has 1 aliphatic heterocycles. The molecule has 272 valence electrons. The molecule has 7 heteroatoms. The highest BCUT2D eigenvalue weighted by atomic mass is 16.2. The van der Waals surface area contributed by atoms with Crippen molar-refractivity contribution in [2.75, 3.05) is 16.3 Å². The Balaban J connectivity index is 1.24. The van der Waals surface area contributed by atoms with Crippen molar-refractivity contribution >= 4 is 45.6 Å². The lowest BCUT2D eigenvalue weighted by Crippen LogP contribution is -2.54. The van der Waals surface area contributed by atoms with Crippen molar-refractivity contribution in [1.29, 1.82) is 0 Å². The first-order valence-electron chi connectivity index (χ1n) is 19.3. The molecule has 7 nitrogen and oxygen atoms in total. The van der Waals surface area contributed by atoms with E-state index in [1.807, 2.05) is 71.6 Å². The Morgan fingerprint density at radius 3 is 2.23 bits per heavy atom. The maximum atomic E-state index is 15.0. The van der Waals surface area contributed by atoms with Gasteiger partial charge in [0.1, 0.15) is 6.04 Å². The summed E-state index contributed by atoms with van der Waals surface area (Å²) in [6, 6.07) is 40.2. The van der Waals surface area contributed by atoms with Crippen LogP contribution < -0.4 is 20.9 Å². The summed E-state index contributed by atoms with van der Waals surface area (Å²) in [5.41, 5.74) is 11.7. The van der Waals surface area contributed by atoms with E-state index in [2.05, 4.69) is 71.7 Å². The van der Waals surface area contributed by atoms with Crippen LogP contribution in [0.5, 0.6) is 0 Å². The van der Waals surface area contributed by atoms with Gasteiger partial charge in [-0.25, -0.2) is 0 Å². The Bertz CT molecular complexity index is 2060. The lowest BCUT2D eigenvalue weighted by Gasteiger charge is -2.30. The molecule has 0 saturated heterocycles. The van der Waals surface area contributed by atoms with Gasteiger partial charge in [0, 0.05) is 17.5 Å². The fourth-order valence-corrected chi connectivity index (χ4v) is 8.41. The zero-order valence-corrected chi connectivity index (χ0v) is 30.6. The molecule has 5 aromatic rings. The zero-order valence-electron chi connectivity index (χ0n) is 30.6. The zero-order chi connectivity index (χ0) is 36.7. The molecule has 1 aliphatic carbocycles. The van der Waals surface area contributed by atoms with Crippen LogP contribution in [0.3, 0.4) is 0 Å². The molecular weight excluding hydrogens is 657 g/mol. The van der Waals surface area contributed by atoms with E-state index in [0.29, 0.717) is 25.3 Å². The number of primary amides is 1. The second-order valence-corrected chi connectivity index (χ2v) is 14.8. The van der Waals surface area contributed by atoms with Crippen molar-refractivity contribution in [3.8, 4) is 11.1 Å². The predicted octanol–water partition coefficient (Wildman–Crippen LogP) is 9.16. The summed E-state index contributed by atoms with van der Waals surface area (Å²) in [6.45, 7) is 2.64. The number of nitrogens with two attached hydrogens (primary N) is 1. The molecule has 1 fully saturated rings. The van der Waals surface area contributed by atoms with E-state index in [4.69, 9.17) is 5.73 Å². The summed E-state index contributed by atoms with van der Waals surface area (Å²) in [5.74, 6) is -1.67. The summed E-state index contributed by atoms with van der Waals surface area (Å²) in [6.07, 6.45) is 7.27. The smallest absolute Gasteiger partial charge is 0.251 e. The number of fused-ring (bicyclic) bond motifs is 2. The van der Waals surface area contributed by atoms with Gasteiger partial charge in [-0.15, -0.1) is 0 Å². The number of rotatable bonds is 13. The molecular formula is C46H50N4O3. The van der Waals surface area contributed by atoms with Crippen LogP contribution in [0.4, 0.5) is 17.1 Å². The summed E-state index contributed by atoms with van der Waals surface area (Å²) in [5, 5.41) is 5.58. The molecule has 3 amide bonds. The predicted molar refractivity (Wildman–Crippen MR) is 215 cm³/mol. The van der Waals surface area contributed by atoms with E-state index in [1.165, 1.54) is 10.8 Å². The van der Waals surface area contributed by atoms with Crippen LogP contribution in [0.2, 0.25) is 0 Å². The van der Waals surface area contributed by atoms with Crippen molar-refractivity contribution < 1.29 is 14.4 Å². The summed E-state index contributed by atoms with van der Waals surface area (Å²) < 4.78 is 0. The van der Waals surface area contributed by atoms with Gasteiger partial charge in [0.15, 0.2) is 0 Å². The number of nitrogens with one attached hydrogen (secondary N) is 1. The molecule has 1 heterocycles. The van der Waals surface area contributed by atoms with Crippen molar-refractivity contribution in [2.45, 2.75) is 70.9 Å². The molecule has 0 spiro atoms. The van der Waals surface area contributed by atoms with Crippen LogP contribution in [-0.2, 0) is 20.9 Å². The summed E-state index contributed by atoms with van der Waals surface area (Å²) >= 11 is 0. The van der Waals surface area contributed by atoms with Crippen LogP contribution in [0.15, 0.2) is 121 Å². The van der Waals surface area contributed by atoms with Gasteiger partial charge in [-0.3, -0.25) is 14.4 Å². The summed E-state index contributed by atoms with van der Waals surface area (Å²) in [7, 11) is 0. The minimum Gasteiger partial charge on any atom is -0.369 e. The Hall–Kier alpha value is -5.43. The van der Waals surface area contributed by atoms with Crippen molar-refractivity contribution in [1.82, 2.24) is 5.32 Å². The molecule has 0 bridgehead atoms. The highest BCUT2D eigenvalue weighted by Crippen LogP contribution is 2.39. The maximum Gasteiger partial charge on any atom is 0.251 e. The van der Waals surface area contributed by atoms with Crippen molar-refractivity contribution in [2.24, 2.45) is 23.5 Å². The first kappa shape index (κ1) is 36.0.